The first kappa shape index (κ1) is 17.2. The minimum atomic E-state index is -0.358. The lowest BCUT2D eigenvalue weighted by atomic mass is 10.1. The third kappa shape index (κ3) is 4.48. The summed E-state index contributed by atoms with van der Waals surface area (Å²) in [6, 6.07) is 12.9. The molecule has 0 saturated carbocycles. The van der Waals surface area contributed by atoms with E-state index in [1.54, 1.807) is 18.1 Å². The minimum Gasteiger partial charge on any atom is -0.497 e. The number of amides is 1. The number of carbonyl (C=O) groups excluding carboxylic acids is 1. The molecule has 3 rings (SSSR count). The largest absolute Gasteiger partial charge is 0.497 e. The van der Waals surface area contributed by atoms with Crippen molar-refractivity contribution in [2.24, 2.45) is 0 Å². The van der Waals surface area contributed by atoms with Crippen molar-refractivity contribution in [2.75, 3.05) is 33.4 Å². The zero-order valence-electron chi connectivity index (χ0n) is 14.0. The molecule has 1 atom stereocenters. The maximum atomic E-state index is 13.0. The normalized spacial score (nSPS) is 17.2. The van der Waals surface area contributed by atoms with Crippen LogP contribution in [0.1, 0.15) is 10.4 Å². The number of methoxy groups -OCH3 is 1. The Balaban J connectivity index is 1.57. The highest BCUT2D eigenvalue weighted by Crippen LogP contribution is 2.20. The van der Waals surface area contributed by atoms with Crippen LogP contribution in [0.3, 0.4) is 0 Å². The Bertz CT molecular complexity index is 720. The Kier molecular flexibility index (Phi) is 5.50. The highest BCUT2D eigenvalue weighted by Gasteiger charge is 2.25. The minimum absolute atomic E-state index is 0.130. The van der Waals surface area contributed by atoms with E-state index in [0.717, 1.165) is 5.75 Å². The number of hydrogen-bond donors (Lipinski definition) is 0. The van der Waals surface area contributed by atoms with E-state index in [1.807, 2.05) is 18.2 Å². The molecule has 1 amide bonds. The van der Waals surface area contributed by atoms with Crippen LogP contribution >= 0.6 is 0 Å². The Morgan fingerprint density at radius 1 is 1.24 bits per heavy atom. The average Bonchev–Trinajstić information content (AvgIpc) is 2.67. The standard InChI is InChI=1S/C19H20FNO4/c1-23-16-3-2-4-17(11-16)25-13-18-12-21(9-10-24-18)19(22)14-5-7-15(20)8-6-14/h2-8,11,18H,9-10,12-13H2,1H3/t18-/m1/s1. The summed E-state index contributed by atoms with van der Waals surface area (Å²) < 4.78 is 29.6. The fourth-order valence-corrected chi connectivity index (χ4v) is 2.66. The van der Waals surface area contributed by atoms with Gasteiger partial charge in [0.05, 0.1) is 20.3 Å². The van der Waals surface area contributed by atoms with Crippen LogP contribution in [0.15, 0.2) is 48.5 Å². The van der Waals surface area contributed by atoms with Crippen molar-refractivity contribution in [1.82, 2.24) is 4.90 Å². The lowest BCUT2D eigenvalue weighted by Crippen LogP contribution is -2.47. The molecule has 0 aromatic heterocycles. The van der Waals surface area contributed by atoms with E-state index in [4.69, 9.17) is 14.2 Å². The summed E-state index contributed by atoms with van der Waals surface area (Å²) in [5.41, 5.74) is 0.468. The van der Waals surface area contributed by atoms with Crippen molar-refractivity contribution in [3.63, 3.8) is 0 Å². The number of benzene rings is 2. The van der Waals surface area contributed by atoms with E-state index < -0.39 is 0 Å². The Morgan fingerprint density at radius 2 is 2.00 bits per heavy atom. The van der Waals surface area contributed by atoms with E-state index in [1.165, 1.54) is 24.3 Å². The zero-order chi connectivity index (χ0) is 17.6. The van der Waals surface area contributed by atoms with Gasteiger partial charge in [-0.25, -0.2) is 4.39 Å². The number of nitrogens with zero attached hydrogens (tertiary/aromatic N) is 1. The lowest BCUT2D eigenvalue weighted by Gasteiger charge is -2.33. The van der Waals surface area contributed by atoms with Crippen molar-refractivity contribution < 1.29 is 23.4 Å². The molecule has 0 bridgehead atoms. The van der Waals surface area contributed by atoms with Crippen LogP contribution in [-0.2, 0) is 4.74 Å². The monoisotopic (exact) mass is 345 g/mol. The van der Waals surface area contributed by atoms with Crippen molar-refractivity contribution >= 4 is 5.91 Å². The molecule has 2 aromatic rings. The molecule has 25 heavy (non-hydrogen) atoms. The zero-order valence-corrected chi connectivity index (χ0v) is 14.0. The van der Waals surface area contributed by atoms with Crippen molar-refractivity contribution in [3.8, 4) is 11.5 Å². The van der Waals surface area contributed by atoms with Gasteiger partial charge in [0.2, 0.25) is 0 Å². The number of morpholine rings is 1. The SMILES string of the molecule is COc1cccc(OC[C@H]2CN(C(=O)c3ccc(F)cc3)CCO2)c1. The van der Waals surface area contributed by atoms with Gasteiger partial charge < -0.3 is 19.1 Å². The molecule has 2 aromatic carbocycles. The van der Waals surface area contributed by atoms with Crippen LogP contribution in [0.2, 0.25) is 0 Å². The molecule has 0 radical (unpaired) electrons. The summed E-state index contributed by atoms with van der Waals surface area (Å²) in [7, 11) is 1.60. The average molecular weight is 345 g/mol. The summed E-state index contributed by atoms with van der Waals surface area (Å²) in [6.07, 6.45) is -0.218. The molecule has 0 spiro atoms. The fourth-order valence-electron chi connectivity index (χ4n) is 2.66. The summed E-state index contributed by atoms with van der Waals surface area (Å²) in [5.74, 6) is 0.915. The maximum Gasteiger partial charge on any atom is 0.254 e. The van der Waals surface area contributed by atoms with E-state index in [-0.39, 0.29) is 17.8 Å². The number of ether oxygens (including phenoxy) is 3. The van der Waals surface area contributed by atoms with E-state index in [2.05, 4.69) is 0 Å². The molecule has 6 heteroatoms. The van der Waals surface area contributed by atoms with Crippen molar-refractivity contribution in [2.45, 2.75) is 6.10 Å². The van der Waals surface area contributed by atoms with Gasteiger partial charge in [0.1, 0.15) is 30.0 Å². The summed E-state index contributed by atoms with van der Waals surface area (Å²) in [5, 5.41) is 0. The van der Waals surface area contributed by atoms with E-state index in [0.29, 0.717) is 37.6 Å². The number of halogens is 1. The molecule has 132 valence electrons. The first-order valence-corrected chi connectivity index (χ1v) is 8.09. The molecule has 1 aliphatic heterocycles. The van der Waals surface area contributed by atoms with E-state index >= 15 is 0 Å². The van der Waals surface area contributed by atoms with Gasteiger partial charge in [-0.2, -0.15) is 0 Å². The number of carbonyl (C=O) groups is 1. The Morgan fingerprint density at radius 3 is 2.76 bits per heavy atom. The lowest BCUT2D eigenvalue weighted by molar-refractivity contribution is -0.0401. The molecule has 0 aliphatic carbocycles. The summed E-state index contributed by atoms with van der Waals surface area (Å²) >= 11 is 0. The smallest absolute Gasteiger partial charge is 0.254 e. The second-order valence-corrected chi connectivity index (χ2v) is 5.74. The molecular formula is C19H20FNO4. The van der Waals surface area contributed by atoms with Gasteiger partial charge in [-0.1, -0.05) is 6.07 Å². The van der Waals surface area contributed by atoms with Crippen molar-refractivity contribution in [1.29, 1.82) is 0 Å². The highest BCUT2D eigenvalue weighted by molar-refractivity contribution is 5.94. The van der Waals surface area contributed by atoms with Gasteiger partial charge in [-0.15, -0.1) is 0 Å². The van der Waals surface area contributed by atoms with Gasteiger partial charge in [0.25, 0.3) is 5.91 Å². The fraction of sp³-hybridized carbons (Fsp3) is 0.316. The van der Waals surface area contributed by atoms with Crippen LogP contribution in [0.25, 0.3) is 0 Å². The van der Waals surface area contributed by atoms with E-state index in [9.17, 15) is 9.18 Å². The third-order valence-corrected chi connectivity index (χ3v) is 3.99. The third-order valence-electron chi connectivity index (χ3n) is 3.99. The van der Waals surface area contributed by atoms with Crippen LogP contribution < -0.4 is 9.47 Å². The van der Waals surface area contributed by atoms with Gasteiger partial charge in [-0.05, 0) is 36.4 Å². The van der Waals surface area contributed by atoms with Gasteiger partial charge in [0.15, 0.2) is 0 Å². The topological polar surface area (TPSA) is 48.0 Å². The predicted octanol–water partition coefficient (Wildman–Crippen LogP) is 2.75. The van der Waals surface area contributed by atoms with Crippen LogP contribution in [-0.4, -0.2) is 50.3 Å². The first-order chi connectivity index (χ1) is 12.2. The molecule has 1 heterocycles. The van der Waals surface area contributed by atoms with Crippen LogP contribution in [0.5, 0.6) is 11.5 Å². The maximum absolute atomic E-state index is 13.0. The quantitative estimate of drug-likeness (QED) is 0.836. The molecule has 1 saturated heterocycles. The molecular weight excluding hydrogens is 325 g/mol. The van der Waals surface area contributed by atoms with Crippen molar-refractivity contribution in [3.05, 3.63) is 59.9 Å². The second kappa shape index (κ2) is 7.98. The second-order valence-electron chi connectivity index (χ2n) is 5.74. The molecule has 0 unspecified atom stereocenters. The molecule has 0 N–H and O–H groups in total. The summed E-state index contributed by atoms with van der Waals surface area (Å²) in [6.45, 7) is 1.71. The number of hydrogen-bond acceptors (Lipinski definition) is 4. The number of rotatable bonds is 5. The van der Waals surface area contributed by atoms with Gasteiger partial charge in [0, 0.05) is 18.2 Å². The van der Waals surface area contributed by atoms with Crippen LogP contribution in [0, 0.1) is 5.82 Å². The predicted molar refractivity (Wildman–Crippen MR) is 90.5 cm³/mol. The molecule has 1 fully saturated rings. The first-order valence-electron chi connectivity index (χ1n) is 8.09. The van der Waals surface area contributed by atoms with Crippen LogP contribution in [0.4, 0.5) is 4.39 Å². The Labute approximate surface area is 145 Å². The summed E-state index contributed by atoms with van der Waals surface area (Å²) in [4.78, 5) is 14.2. The van der Waals surface area contributed by atoms with Gasteiger partial charge >= 0.3 is 0 Å². The van der Waals surface area contributed by atoms with Gasteiger partial charge in [-0.3, -0.25) is 4.79 Å². The molecule has 1 aliphatic rings. The Hall–Kier alpha value is -2.60. The highest BCUT2D eigenvalue weighted by atomic mass is 19.1. The molecule has 5 nitrogen and oxygen atoms in total.